The standard InChI is InChI=1S/C23H26N2O4/c1-25(23(26)14-11-20(27-2)22(29-4)21(12-14)28-3)15-9-10-19-17(13-15)16-7-5-6-8-18(16)24-19/h5-8,11-12,15,24H,9-10,13H2,1-4H3. The molecule has 1 atom stereocenters. The van der Waals surface area contributed by atoms with Crippen LogP contribution in [0.5, 0.6) is 17.2 Å². The number of aromatic nitrogens is 1. The Morgan fingerprint density at radius 2 is 1.76 bits per heavy atom. The lowest BCUT2D eigenvalue weighted by Gasteiger charge is -2.32. The summed E-state index contributed by atoms with van der Waals surface area (Å²) in [5, 5.41) is 1.25. The number of nitrogens with one attached hydrogen (secondary N) is 1. The molecule has 2 aromatic carbocycles. The summed E-state index contributed by atoms with van der Waals surface area (Å²) in [6, 6.07) is 11.9. The molecular weight excluding hydrogens is 368 g/mol. The lowest BCUT2D eigenvalue weighted by molar-refractivity contribution is 0.0718. The van der Waals surface area contributed by atoms with Gasteiger partial charge in [0.15, 0.2) is 11.5 Å². The first-order valence-electron chi connectivity index (χ1n) is 9.73. The van der Waals surface area contributed by atoms with Crippen LogP contribution in [0.4, 0.5) is 0 Å². The molecule has 1 amide bonds. The summed E-state index contributed by atoms with van der Waals surface area (Å²) in [5.74, 6) is 1.38. The van der Waals surface area contributed by atoms with Gasteiger partial charge < -0.3 is 24.1 Å². The third-order valence-corrected chi connectivity index (χ3v) is 5.85. The lowest BCUT2D eigenvalue weighted by Crippen LogP contribution is -2.40. The van der Waals surface area contributed by atoms with Crippen LogP contribution in [-0.2, 0) is 12.8 Å². The molecule has 1 aromatic heterocycles. The molecule has 1 aliphatic rings. The van der Waals surface area contributed by atoms with E-state index < -0.39 is 0 Å². The van der Waals surface area contributed by atoms with Crippen molar-refractivity contribution in [3.8, 4) is 17.2 Å². The van der Waals surface area contributed by atoms with E-state index in [0.29, 0.717) is 22.8 Å². The Kier molecular flexibility index (Phi) is 5.09. The van der Waals surface area contributed by atoms with E-state index in [1.807, 2.05) is 18.0 Å². The topological polar surface area (TPSA) is 63.8 Å². The van der Waals surface area contributed by atoms with Gasteiger partial charge >= 0.3 is 0 Å². The van der Waals surface area contributed by atoms with Gasteiger partial charge in [-0.3, -0.25) is 4.79 Å². The molecule has 1 heterocycles. The third-order valence-electron chi connectivity index (χ3n) is 5.85. The average Bonchev–Trinajstić information content (AvgIpc) is 3.14. The summed E-state index contributed by atoms with van der Waals surface area (Å²) in [4.78, 5) is 18.6. The Labute approximate surface area is 170 Å². The molecule has 0 bridgehead atoms. The van der Waals surface area contributed by atoms with E-state index >= 15 is 0 Å². The molecule has 6 heteroatoms. The maximum absolute atomic E-state index is 13.3. The molecule has 29 heavy (non-hydrogen) atoms. The van der Waals surface area contributed by atoms with Gasteiger partial charge in [0.05, 0.1) is 21.3 Å². The van der Waals surface area contributed by atoms with E-state index in [9.17, 15) is 4.79 Å². The maximum atomic E-state index is 13.3. The smallest absolute Gasteiger partial charge is 0.254 e. The van der Waals surface area contributed by atoms with E-state index in [0.717, 1.165) is 24.8 Å². The van der Waals surface area contributed by atoms with E-state index in [1.54, 1.807) is 33.5 Å². The monoisotopic (exact) mass is 394 g/mol. The first-order chi connectivity index (χ1) is 14.1. The molecule has 1 N–H and O–H groups in total. The first-order valence-corrected chi connectivity index (χ1v) is 9.73. The van der Waals surface area contributed by atoms with E-state index in [4.69, 9.17) is 14.2 Å². The van der Waals surface area contributed by atoms with Crippen molar-refractivity contribution in [1.82, 2.24) is 9.88 Å². The zero-order valence-corrected chi connectivity index (χ0v) is 17.2. The van der Waals surface area contributed by atoms with Gasteiger partial charge in [0.25, 0.3) is 5.91 Å². The number of hydrogen-bond acceptors (Lipinski definition) is 4. The first kappa shape index (κ1) is 19.2. The Hall–Kier alpha value is -3.15. The number of aromatic amines is 1. The van der Waals surface area contributed by atoms with Crippen LogP contribution in [0.2, 0.25) is 0 Å². The Bertz CT molecular complexity index is 1030. The number of aryl methyl sites for hydroxylation is 1. The van der Waals surface area contributed by atoms with Crippen LogP contribution in [-0.4, -0.2) is 50.2 Å². The fraction of sp³-hybridized carbons (Fsp3) is 0.348. The molecule has 0 radical (unpaired) electrons. The minimum atomic E-state index is -0.0578. The predicted molar refractivity (Wildman–Crippen MR) is 112 cm³/mol. The van der Waals surface area contributed by atoms with Crippen LogP contribution in [0.3, 0.4) is 0 Å². The Morgan fingerprint density at radius 3 is 2.41 bits per heavy atom. The number of likely N-dealkylation sites (N-methyl/N-ethyl adjacent to an activating group) is 1. The maximum Gasteiger partial charge on any atom is 0.254 e. The van der Waals surface area contributed by atoms with Crippen molar-refractivity contribution < 1.29 is 19.0 Å². The molecule has 0 fully saturated rings. The molecule has 0 spiro atoms. The van der Waals surface area contributed by atoms with Crippen LogP contribution in [0, 0.1) is 0 Å². The SMILES string of the molecule is COc1cc(C(=O)N(C)C2CCc3[nH]c4ccccc4c3C2)cc(OC)c1OC. The molecule has 1 aliphatic carbocycles. The normalized spacial score (nSPS) is 15.7. The highest BCUT2D eigenvalue weighted by Gasteiger charge is 2.29. The zero-order chi connectivity index (χ0) is 20.5. The van der Waals surface area contributed by atoms with Gasteiger partial charge in [0, 0.05) is 35.2 Å². The van der Waals surface area contributed by atoms with Crippen LogP contribution in [0.25, 0.3) is 10.9 Å². The van der Waals surface area contributed by atoms with Crippen molar-refractivity contribution >= 4 is 16.8 Å². The fourth-order valence-electron chi connectivity index (χ4n) is 4.26. The van der Waals surface area contributed by atoms with Crippen LogP contribution >= 0.6 is 0 Å². The van der Waals surface area contributed by atoms with Crippen LogP contribution in [0.1, 0.15) is 28.0 Å². The number of fused-ring (bicyclic) bond motifs is 3. The average molecular weight is 394 g/mol. The fourth-order valence-corrected chi connectivity index (χ4v) is 4.26. The third kappa shape index (κ3) is 3.28. The molecular formula is C23H26N2O4. The molecule has 1 unspecified atom stereocenters. The number of carbonyl (C=O) groups excluding carboxylic acids is 1. The molecule has 0 saturated carbocycles. The van der Waals surface area contributed by atoms with E-state index in [1.165, 1.54) is 16.6 Å². The highest BCUT2D eigenvalue weighted by Crippen LogP contribution is 2.39. The van der Waals surface area contributed by atoms with Gasteiger partial charge in [0.1, 0.15) is 0 Å². The van der Waals surface area contributed by atoms with Gasteiger partial charge in [-0.1, -0.05) is 18.2 Å². The molecule has 152 valence electrons. The summed E-state index contributed by atoms with van der Waals surface area (Å²) in [7, 11) is 6.52. The minimum absolute atomic E-state index is 0.0578. The molecule has 4 rings (SSSR count). The number of amides is 1. The summed E-state index contributed by atoms with van der Waals surface area (Å²) in [6.07, 6.45) is 2.69. The van der Waals surface area contributed by atoms with E-state index in [2.05, 4.69) is 23.2 Å². The minimum Gasteiger partial charge on any atom is -0.493 e. The van der Waals surface area contributed by atoms with Crippen LogP contribution in [0.15, 0.2) is 36.4 Å². The number of methoxy groups -OCH3 is 3. The Balaban J connectivity index is 1.62. The lowest BCUT2D eigenvalue weighted by atomic mass is 9.90. The molecule has 0 saturated heterocycles. The molecule has 0 aliphatic heterocycles. The number of ether oxygens (including phenoxy) is 3. The van der Waals surface area contributed by atoms with Gasteiger partial charge in [-0.25, -0.2) is 0 Å². The highest BCUT2D eigenvalue weighted by molar-refractivity contribution is 5.96. The highest BCUT2D eigenvalue weighted by atomic mass is 16.5. The predicted octanol–water partition coefficient (Wildman–Crippen LogP) is 3.82. The quantitative estimate of drug-likeness (QED) is 0.715. The Morgan fingerprint density at radius 1 is 1.07 bits per heavy atom. The van der Waals surface area contributed by atoms with Gasteiger partial charge in [-0.05, 0) is 43.0 Å². The van der Waals surface area contributed by atoms with Gasteiger partial charge in [-0.15, -0.1) is 0 Å². The second kappa shape index (κ2) is 7.70. The number of hydrogen-bond donors (Lipinski definition) is 1. The summed E-state index contributed by atoms with van der Waals surface area (Å²) in [6.45, 7) is 0. The number of para-hydroxylation sites is 1. The zero-order valence-electron chi connectivity index (χ0n) is 17.2. The summed E-state index contributed by atoms with van der Waals surface area (Å²) in [5.41, 5.74) is 4.29. The number of benzene rings is 2. The number of carbonyl (C=O) groups is 1. The van der Waals surface area contributed by atoms with Crippen molar-refractivity contribution in [1.29, 1.82) is 0 Å². The second-order valence-electron chi connectivity index (χ2n) is 7.35. The number of H-pyrrole nitrogens is 1. The van der Waals surface area contributed by atoms with Crippen molar-refractivity contribution in [3.63, 3.8) is 0 Å². The molecule has 3 aromatic rings. The van der Waals surface area contributed by atoms with Crippen molar-refractivity contribution in [2.45, 2.75) is 25.3 Å². The van der Waals surface area contributed by atoms with Crippen molar-refractivity contribution in [2.24, 2.45) is 0 Å². The number of rotatable bonds is 5. The van der Waals surface area contributed by atoms with Crippen LogP contribution < -0.4 is 14.2 Å². The number of nitrogens with zero attached hydrogens (tertiary/aromatic N) is 1. The van der Waals surface area contributed by atoms with E-state index in [-0.39, 0.29) is 11.9 Å². The van der Waals surface area contributed by atoms with Gasteiger partial charge in [0.2, 0.25) is 5.75 Å². The van der Waals surface area contributed by atoms with Crippen molar-refractivity contribution in [3.05, 3.63) is 53.2 Å². The second-order valence-corrected chi connectivity index (χ2v) is 7.35. The van der Waals surface area contributed by atoms with Crippen molar-refractivity contribution in [2.75, 3.05) is 28.4 Å². The summed E-state index contributed by atoms with van der Waals surface area (Å²) < 4.78 is 16.2. The molecule has 6 nitrogen and oxygen atoms in total. The van der Waals surface area contributed by atoms with Gasteiger partial charge in [-0.2, -0.15) is 0 Å². The largest absolute Gasteiger partial charge is 0.493 e. The summed E-state index contributed by atoms with van der Waals surface area (Å²) >= 11 is 0.